The highest BCUT2D eigenvalue weighted by Gasteiger charge is 2.21. The molecule has 1 fully saturated rings. The number of fused-ring (bicyclic) bond motifs is 2. The van der Waals surface area contributed by atoms with Crippen LogP contribution in [0.25, 0.3) is 16.9 Å². The third-order valence-electron chi connectivity index (χ3n) is 6.59. The highest BCUT2D eigenvalue weighted by atomic mass is 16.5. The molecule has 0 radical (unpaired) electrons. The molecule has 1 aliphatic carbocycles. The zero-order chi connectivity index (χ0) is 23.8. The number of rotatable bonds is 7. The Kier molecular flexibility index (Phi) is 5.54. The minimum atomic E-state index is -0.196. The number of ether oxygens (including phenoxy) is 1. The Morgan fingerprint density at radius 3 is 2.94 bits per heavy atom. The van der Waals surface area contributed by atoms with Gasteiger partial charge in [-0.1, -0.05) is 18.2 Å². The number of nitrogens with zero attached hydrogens (tertiary/aromatic N) is 5. The lowest BCUT2D eigenvalue weighted by molar-refractivity contribution is 0.114. The topological polar surface area (TPSA) is 98.9 Å². The van der Waals surface area contributed by atoms with Crippen LogP contribution in [0.2, 0.25) is 0 Å². The SMILES string of the molecule is C=CCn1c(=O)c2cnc(Nc3ccc4c(c3)CNCC4)nc2n1-c1cccc(OC2CCC2)n1. The van der Waals surface area contributed by atoms with Crippen molar-refractivity contribution in [3.63, 3.8) is 0 Å². The maximum Gasteiger partial charge on any atom is 0.278 e. The van der Waals surface area contributed by atoms with Crippen LogP contribution in [0, 0.1) is 0 Å². The fourth-order valence-corrected chi connectivity index (χ4v) is 4.54. The van der Waals surface area contributed by atoms with Gasteiger partial charge in [0.15, 0.2) is 11.5 Å². The smallest absolute Gasteiger partial charge is 0.278 e. The van der Waals surface area contributed by atoms with Crippen LogP contribution >= 0.6 is 0 Å². The fourth-order valence-electron chi connectivity index (χ4n) is 4.54. The number of hydrogen-bond acceptors (Lipinski definition) is 7. The summed E-state index contributed by atoms with van der Waals surface area (Å²) in [6, 6.07) is 11.9. The van der Waals surface area contributed by atoms with Gasteiger partial charge >= 0.3 is 0 Å². The molecular weight excluding hydrogens is 442 g/mol. The number of allylic oxidation sites excluding steroid dienone is 1. The second-order valence-electron chi connectivity index (χ2n) is 8.96. The second kappa shape index (κ2) is 8.99. The van der Waals surface area contributed by atoms with Crippen molar-refractivity contribution in [2.45, 2.75) is 44.9 Å². The van der Waals surface area contributed by atoms with Crippen molar-refractivity contribution in [1.29, 1.82) is 0 Å². The first-order valence-corrected chi connectivity index (χ1v) is 12.0. The van der Waals surface area contributed by atoms with Gasteiger partial charge in [0, 0.05) is 24.5 Å². The van der Waals surface area contributed by atoms with Crippen LogP contribution in [-0.2, 0) is 19.5 Å². The van der Waals surface area contributed by atoms with Crippen LogP contribution in [0.3, 0.4) is 0 Å². The van der Waals surface area contributed by atoms with Gasteiger partial charge in [-0.3, -0.25) is 4.79 Å². The first-order valence-electron chi connectivity index (χ1n) is 12.0. The van der Waals surface area contributed by atoms with Crippen molar-refractivity contribution in [2.24, 2.45) is 0 Å². The highest BCUT2D eigenvalue weighted by molar-refractivity contribution is 5.77. The summed E-state index contributed by atoms with van der Waals surface area (Å²) in [4.78, 5) is 27.0. The fraction of sp³-hybridized carbons (Fsp3) is 0.308. The molecule has 0 saturated heterocycles. The van der Waals surface area contributed by atoms with E-state index in [4.69, 9.17) is 14.7 Å². The molecule has 0 spiro atoms. The van der Waals surface area contributed by atoms with Crippen LogP contribution in [0.15, 0.2) is 60.0 Å². The van der Waals surface area contributed by atoms with Gasteiger partial charge in [0.1, 0.15) is 11.5 Å². The maximum atomic E-state index is 13.2. The van der Waals surface area contributed by atoms with E-state index in [1.165, 1.54) is 17.5 Å². The van der Waals surface area contributed by atoms with Gasteiger partial charge < -0.3 is 15.4 Å². The third kappa shape index (κ3) is 4.08. The Balaban J connectivity index is 1.40. The third-order valence-corrected chi connectivity index (χ3v) is 6.59. The van der Waals surface area contributed by atoms with E-state index in [-0.39, 0.29) is 11.7 Å². The van der Waals surface area contributed by atoms with Gasteiger partial charge in [0.2, 0.25) is 11.8 Å². The predicted octanol–water partition coefficient (Wildman–Crippen LogP) is 3.48. The summed E-state index contributed by atoms with van der Waals surface area (Å²) < 4.78 is 9.28. The Labute approximate surface area is 202 Å². The van der Waals surface area contributed by atoms with Crippen molar-refractivity contribution in [3.8, 4) is 11.7 Å². The average molecular weight is 470 g/mol. The van der Waals surface area contributed by atoms with Gasteiger partial charge in [0.05, 0.1) is 6.54 Å². The van der Waals surface area contributed by atoms with E-state index in [1.807, 2.05) is 24.3 Å². The first-order chi connectivity index (χ1) is 17.2. The summed E-state index contributed by atoms with van der Waals surface area (Å²) in [6.45, 7) is 5.97. The number of benzene rings is 1. The monoisotopic (exact) mass is 469 g/mol. The normalized spacial score (nSPS) is 15.4. The molecule has 2 N–H and O–H groups in total. The van der Waals surface area contributed by atoms with Crippen molar-refractivity contribution in [3.05, 3.63) is 76.7 Å². The Morgan fingerprint density at radius 1 is 1.20 bits per heavy atom. The molecule has 35 heavy (non-hydrogen) atoms. The summed E-state index contributed by atoms with van der Waals surface area (Å²) >= 11 is 0. The van der Waals surface area contributed by atoms with E-state index in [0.29, 0.717) is 35.2 Å². The molecule has 1 aliphatic heterocycles. The first kappa shape index (κ1) is 21.5. The number of hydrogen-bond donors (Lipinski definition) is 2. The molecule has 1 aromatic carbocycles. The van der Waals surface area contributed by atoms with Crippen molar-refractivity contribution in [2.75, 3.05) is 11.9 Å². The van der Waals surface area contributed by atoms with Gasteiger partial charge in [-0.15, -0.1) is 6.58 Å². The van der Waals surface area contributed by atoms with E-state index in [9.17, 15) is 4.79 Å². The van der Waals surface area contributed by atoms with Gasteiger partial charge in [-0.05, 0) is 61.6 Å². The number of anilines is 2. The zero-order valence-corrected chi connectivity index (χ0v) is 19.4. The summed E-state index contributed by atoms with van der Waals surface area (Å²) in [5.41, 5.74) is 3.81. The Morgan fingerprint density at radius 2 is 2.11 bits per heavy atom. The summed E-state index contributed by atoms with van der Waals surface area (Å²) in [7, 11) is 0. The summed E-state index contributed by atoms with van der Waals surface area (Å²) in [5.74, 6) is 1.51. The largest absolute Gasteiger partial charge is 0.474 e. The molecule has 9 nitrogen and oxygen atoms in total. The molecule has 9 heteroatoms. The average Bonchev–Trinajstić information content (AvgIpc) is 3.12. The standard InChI is InChI=1S/C26H27N7O2/c1-2-13-32-25(34)21-16-28-26(29-19-10-9-17-11-12-27-15-18(17)14-19)31-24(21)33(32)22-7-4-8-23(30-22)35-20-5-3-6-20/h2,4,7-10,14,16,20,27H,1,3,5-6,11-13,15H2,(H,28,29,31). The van der Waals surface area contributed by atoms with E-state index >= 15 is 0 Å². The molecule has 178 valence electrons. The molecule has 4 heterocycles. The molecule has 1 saturated carbocycles. The predicted molar refractivity (Wildman–Crippen MR) is 135 cm³/mol. The minimum absolute atomic E-state index is 0.196. The van der Waals surface area contributed by atoms with E-state index in [1.54, 1.807) is 21.6 Å². The van der Waals surface area contributed by atoms with Gasteiger partial charge in [-0.2, -0.15) is 9.97 Å². The van der Waals surface area contributed by atoms with Crippen LogP contribution in [0.5, 0.6) is 5.88 Å². The van der Waals surface area contributed by atoms with Crippen molar-refractivity contribution in [1.82, 2.24) is 29.6 Å². The Bertz CT molecular complexity index is 1470. The van der Waals surface area contributed by atoms with Crippen molar-refractivity contribution >= 4 is 22.7 Å². The number of pyridine rings is 1. The maximum absolute atomic E-state index is 13.2. The molecule has 3 aromatic heterocycles. The number of aromatic nitrogens is 5. The summed E-state index contributed by atoms with van der Waals surface area (Å²) in [5, 5.41) is 7.12. The van der Waals surface area contributed by atoms with Crippen LogP contribution in [0.4, 0.5) is 11.6 Å². The molecule has 0 atom stereocenters. The minimum Gasteiger partial charge on any atom is -0.474 e. The van der Waals surface area contributed by atoms with Crippen LogP contribution in [0.1, 0.15) is 30.4 Å². The van der Waals surface area contributed by atoms with E-state index in [2.05, 4.69) is 34.3 Å². The lowest BCUT2D eigenvalue weighted by atomic mass is 9.96. The Hall–Kier alpha value is -3.98. The molecule has 0 unspecified atom stereocenters. The van der Waals surface area contributed by atoms with E-state index in [0.717, 1.165) is 38.0 Å². The quantitative estimate of drug-likeness (QED) is 0.400. The van der Waals surface area contributed by atoms with E-state index < -0.39 is 0 Å². The van der Waals surface area contributed by atoms with Gasteiger partial charge in [-0.25, -0.2) is 14.3 Å². The number of nitrogens with one attached hydrogen (secondary N) is 2. The lowest BCUT2D eigenvalue weighted by Gasteiger charge is -2.25. The second-order valence-corrected chi connectivity index (χ2v) is 8.96. The molecule has 2 aliphatic rings. The van der Waals surface area contributed by atoms with Crippen LogP contribution < -0.4 is 20.9 Å². The molecule has 0 bridgehead atoms. The van der Waals surface area contributed by atoms with Gasteiger partial charge in [0.25, 0.3) is 5.56 Å². The van der Waals surface area contributed by atoms with Crippen LogP contribution in [-0.4, -0.2) is 37.0 Å². The zero-order valence-electron chi connectivity index (χ0n) is 19.4. The lowest BCUT2D eigenvalue weighted by Crippen LogP contribution is -2.25. The highest BCUT2D eigenvalue weighted by Crippen LogP contribution is 2.26. The van der Waals surface area contributed by atoms with Crippen molar-refractivity contribution < 1.29 is 4.74 Å². The molecule has 4 aromatic rings. The molecular formula is C26H27N7O2. The molecule has 6 rings (SSSR count). The molecule has 0 amide bonds. The summed E-state index contributed by atoms with van der Waals surface area (Å²) in [6.07, 6.45) is 7.74.